The topological polar surface area (TPSA) is 74.0 Å². The van der Waals surface area contributed by atoms with Gasteiger partial charge in [0.05, 0.1) is 21.3 Å². The van der Waals surface area contributed by atoms with Gasteiger partial charge in [-0.3, -0.25) is 4.79 Å². The van der Waals surface area contributed by atoms with Crippen LogP contribution in [0.4, 0.5) is 5.69 Å². The van der Waals surface area contributed by atoms with Crippen molar-refractivity contribution in [1.29, 1.82) is 0 Å². The van der Waals surface area contributed by atoms with Gasteiger partial charge in [-0.15, -0.1) is 0 Å². The number of hydrogen-bond donors (Lipinski definition) is 1. The van der Waals surface area contributed by atoms with Crippen LogP contribution in [-0.2, 0) is 0 Å². The lowest BCUT2D eigenvalue weighted by Gasteiger charge is -2.35. The molecule has 2 aliphatic rings. The quantitative estimate of drug-likeness (QED) is 0.376. The minimum Gasteiger partial charge on any atom is -0.493 e. The average molecular weight is 527 g/mol. The van der Waals surface area contributed by atoms with Gasteiger partial charge >= 0.3 is 0 Å². The minimum absolute atomic E-state index is 0.0120. The van der Waals surface area contributed by atoms with Crippen LogP contribution >= 0.6 is 11.8 Å². The molecule has 1 saturated heterocycles. The highest BCUT2D eigenvalue weighted by Crippen LogP contribution is 2.46. The van der Waals surface area contributed by atoms with E-state index in [2.05, 4.69) is 36.9 Å². The van der Waals surface area contributed by atoms with Gasteiger partial charge in [-0.05, 0) is 74.0 Å². The van der Waals surface area contributed by atoms with Crippen molar-refractivity contribution in [3.8, 4) is 17.2 Å². The van der Waals surface area contributed by atoms with E-state index in [-0.39, 0.29) is 5.91 Å². The number of thioether (sulfide) groups is 1. The van der Waals surface area contributed by atoms with Crippen LogP contribution in [0.3, 0.4) is 0 Å². The van der Waals surface area contributed by atoms with E-state index in [0.29, 0.717) is 39.9 Å². The molecule has 1 amide bonds. The van der Waals surface area contributed by atoms with E-state index in [1.165, 1.54) is 43.2 Å². The molecule has 1 aliphatic carbocycles. The summed E-state index contributed by atoms with van der Waals surface area (Å²) in [6.07, 6.45) is 8.65. The van der Waals surface area contributed by atoms with E-state index in [4.69, 9.17) is 19.9 Å². The molecule has 2 aromatic rings. The first-order valence-electron chi connectivity index (χ1n) is 13.5. The molecule has 2 N–H and O–H groups in total. The van der Waals surface area contributed by atoms with Crippen LogP contribution in [0.5, 0.6) is 17.2 Å². The van der Waals surface area contributed by atoms with Crippen molar-refractivity contribution in [2.24, 2.45) is 11.8 Å². The first-order valence-corrected chi connectivity index (χ1v) is 14.6. The van der Waals surface area contributed by atoms with Crippen molar-refractivity contribution < 1.29 is 19.0 Å². The van der Waals surface area contributed by atoms with Gasteiger partial charge in [0.25, 0.3) is 5.91 Å². The fraction of sp³-hybridized carbons (Fsp3) is 0.567. The number of nitrogens with two attached hydrogens (primary N) is 1. The van der Waals surface area contributed by atoms with Crippen LogP contribution in [-0.4, -0.2) is 51.0 Å². The van der Waals surface area contributed by atoms with Crippen LogP contribution in [0.1, 0.15) is 71.7 Å². The number of amides is 1. The molecule has 6 nitrogen and oxygen atoms in total. The number of methoxy groups -OCH3 is 3. The van der Waals surface area contributed by atoms with E-state index in [0.717, 1.165) is 37.4 Å². The summed E-state index contributed by atoms with van der Waals surface area (Å²) in [6.45, 7) is 3.69. The Kier molecular flexibility index (Phi) is 9.52. The van der Waals surface area contributed by atoms with Gasteiger partial charge in [0.15, 0.2) is 11.5 Å². The molecular formula is C30H42N2O4S. The smallest absolute Gasteiger partial charge is 0.254 e. The van der Waals surface area contributed by atoms with E-state index in [1.54, 1.807) is 33.5 Å². The largest absolute Gasteiger partial charge is 0.493 e. The minimum atomic E-state index is 0.0120. The number of aryl methyl sites for hydroxylation is 1. The maximum atomic E-state index is 13.3. The Balaban J connectivity index is 1.39. The highest BCUT2D eigenvalue weighted by molar-refractivity contribution is 7.99. The van der Waals surface area contributed by atoms with Crippen LogP contribution in [0.15, 0.2) is 30.3 Å². The maximum Gasteiger partial charge on any atom is 0.254 e. The van der Waals surface area contributed by atoms with Crippen LogP contribution < -0.4 is 19.9 Å². The lowest BCUT2D eigenvalue weighted by molar-refractivity contribution is 0.0697. The molecule has 0 aromatic heterocycles. The molecule has 202 valence electrons. The summed E-state index contributed by atoms with van der Waals surface area (Å²) in [5.41, 5.74) is 10.6. The molecule has 0 bridgehead atoms. The molecular weight excluding hydrogens is 484 g/mol. The van der Waals surface area contributed by atoms with Crippen LogP contribution in [0.25, 0.3) is 0 Å². The third-order valence-corrected chi connectivity index (χ3v) is 9.61. The average Bonchev–Trinajstić information content (AvgIpc) is 2.94. The molecule has 7 heteroatoms. The Labute approximate surface area is 226 Å². The molecule has 1 aliphatic heterocycles. The van der Waals surface area contributed by atoms with Crippen molar-refractivity contribution in [3.05, 3.63) is 47.0 Å². The second kappa shape index (κ2) is 12.8. The SMILES string of the molecule is COc1cc(C(=O)N2CCC(CSC(c3cc(C)ccc3N)C3CCCCC3)CC2)cc(OC)c1OC. The molecule has 1 saturated carbocycles. The summed E-state index contributed by atoms with van der Waals surface area (Å²) in [7, 11) is 4.70. The molecule has 2 aromatic carbocycles. The Hall–Kier alpha value is -2.54. The number of carbonyl (C=O) groups excluding carboxylic acids is 1. The highest BCUT2D eigenvalue weighted by atomic mass is 32.2. The van der Waals surface area contributed by atoms with Crippen molar-refractivity contribution in [3.63, 3.8) is 0 Å². The van der Waals surface area contributed by atoms with Gasteiger partial charge in [-0.2, -0.15) is 11.8 Å². The van der Waals surface area contributed by atoms with Crippen molar-refractivity contribution >= 4 is 23.4 Å². The van der Waals surface area contributed by atoms with Gasteiger partial charge < -0.3 is 24.8 Å². The Morgan fingerprint density at radius 1 is 0.973 bits per heavy atom. The van der Waals surface area contributed by atoms with Gasteiger partial charge in [0.2, 0.25) is 5.75 Å². The zero-order chi connectivity index (χ0) is 26.4. The van der Waals surface area contributed by atoms with Crippen molar-refractivity contribution in [1.82, 2.24) is 4.90 Å². The summed E-state index contributed by atoms with van der Waals surface area (Å²) >= 11 is 2.10. The molecule has 37 heavy (non-hydrogen) atoms. The number of carbonyl (C=O) groups is 1. The molecule has 1 atom stereocenters. The number of nitrogens with zero attached hydrogens (tertiary/aromatic N) is 1. The number of rotatable bonds is 9. The fourth-order valence-electron chi connectivity index (χ4n) is 5.79. The van der Waals surface area contributed by atoms with Crippen molar-refractivity contribution in [2.45, 2.75) is 57.1 Å². The summed E-state index contributed by atoms with van der Waals surface area (Å²) in [5.74, 6) is 3.93. The van der Waals surface area contributed by atoms with Gasteiger partial charge in [-0.1, -0.05) is 37.0 Å². The summed E-state index contributed by atoms with van der Waals surface area (Å²) in [5, 5.41) is 0.457. The molecule has 0 spiro atoms. The number of anilines is 1. The second-order valence-corrected chi connectivity index (χ2v) is 11.6. The number of hydrogen-bond acceptors (Lipinski definition) is 6. The molecule has 1 unspecified atom stereocenters. The Morgan fingerprint density at radius 3 is 2.22 bits per heavy atom. The van der Waals surface area contributed by atoms with Gasteiger partial charge in [0, 0.05) is 29.6 Å². The Bertz CT molecular complexity index is 1040. The Morgan fingerprint density at radius 2 is 1.62 bits per heavy atom. The monoisotopic (exact) mass is 526 g/mol. The van der Waals surface area contributed by atoms with E-state index in [9.17, 15) is 4.79 Å². The predicted octanol–water partition coefficient (Wildman–Crippen LogP) is 6.51. The van der Waals surface area contributed by atoms with Crippen LogP contribution in [0, 0.1) is 18.8 Å². The second-order valence-electron chi connectivity index (χ2n) is 10.4. The van der Waals surface area contributed by atoms with E-state index < -0.39 is 0 Å². The summed E-state index contributed by atoms with van der Waals surface area (Å²) in [6, 6.07) is 9.98. The zero-order valence-corrected chi connectivity index (χ0v) is 23.6. The van der Waals surface area contributed by atoms with Crippen LogP contribution in [0.2, 0.25) is 0 Å². The molecule has 0 radical (unpaired) electrons. The van der Waals surface area contributed by atoms with Gasteiger partial charge in [0.1, 0.15) is 0 Å². The molecule has 2 fully saturated rings. The van der Waals surface area contributed by atoms with E-state index >= 15 is 0 Å². The zero-order valence-electron chi connectivity index (χ0n) is 22.8. The number of piperidine rings is 1. The van der Waals surface area contributed by atoms with E-state index in [1.807, 2.05) is 4.90 Å². The first-order chi connectivity index (χ1) is 17.9. The number of benzene rings is 2. The maximum absolute atomic E-state index is 13.3. The number of nitrogen functional groups attached to an aromatic ring is 1. The lowest BCUT2D eigenvalue weighted by Crippen LogP contribution is -2.39. The normalized spacial score (nSPS) is 17.9. The predicted molar refractivity (Wildman–Crippen MR) is 152 cm³/mol. The highest BCUT2D eigenvalue weighted by Gasteiger charge is 2.30. The number of ether oxygens (including phenoxy) is 3. The fourth-order valence-corrected chi connectivity index (χ4v) is 7.53. The summed E-state index contributed by atoms with van der Waals surface area (Å²) in [4.78, 5) is 15.3. The third kappa shape index (κ3) is 6.49. The number of likely N-dealkylation sites (tertiary alicyclic amines) is 1. The molecule has 4 rings (SSSR count). The van der Waals surface area contributed by atoms with Crippen molar-refractivity contribution in [2.75, 3.05) is 45.9 Å². The summed E-state index contributed by atoms with van der Waals surface area (Å²) < 4.78 is 16.3. The van der Waals surface area contributed by atoms with Gasteiger partial charge in [-0.25, -0.2) is 0 Å². The first kappa shape index (κ1) is 27.5. The molecule has 1 heterocycles. The standard InChI is InChI=1S/C30H42N2O4S/c1-20-10-11-25(31)24(16-20)29(22-8-6-5-7-9-22)37-19-21-12-14-32(15-13-21)30(33)23-17-26(34-2)28(36-4)27(18-23)35-3/h10-11,16-18,21-22,29H,5-9,12-15,19,31H2,1-4H3. The lowest BCUT2D eigenvalue weighted by atomic mass is 9.84. The third-order valence-electron chi connectivity index (χ3n) is 7.95.